The third-order valence-electron chi connectivity index (χ3n) is 3.98. The molecule has 2 heterocycles. The van der Waals surface area contributed by atoms with Crippen molar-refractivity contribution in [3.8, 4) is 11.8 Å². The summed E-state index contributed by atoms with van der Waals surface area (Å²) < 4.78 is 55.8. The Labute approximate surface area is 164 Å². The number of ether oxygens (including phenoxy) is 3. The van der Waals surface area contributed by atoms with E-state index in [1.54, 1.807) is 4.98 Å². The fourth-order valence-corrected chi connectivity index (χ4v) is 2.69. The number of esters is 1. The lowest BCUT2D eigenvalue weighted by atomic mass is 10.2. The van der Waals surface area contributed by atoms with Crippen molar-refractivity contribution in [1.29, 1.82) is 0 Å². The average molecular weight is 418 g/mol. The monoisotopic (exact) mass is 418 g/mol. The minimum Gasteiger partial charge on any atom is -0.463 e. The molecular weight excluding hydrogens is 397 g/mol. The Bertz CT molecular complexity index is 909. The van der Waals surface area contributed by atoms with Gasteiger partial charge in [-0.1, -0.05) is 25.7 Å². The maximum atomic E-state index is 13.0. The highest BCUT2D eigenvalue weighted by atomic mass is 19.4. The summed E-state index contributed by atoms with van der Waals surface area (Å²) in [6.45, 7) is 4.80. The molecule has 8 nitrogen and oxygen atoms in total. The molecule has 3 atom stereocenters. The quantitative estimate of drug-likeness (QED) is 0.574. The predicted molar refractivity (Wildman–Crippen MR) is 93.8 cm³/mol. The molecule has 0 saturated carbocycles. The molecule has 0 aliphatic carbocycles. The fraction of sp³-hybridized carbons (Fsp3) is 0.611. The van der Waals surface area contributed by atoms with Gasteiger partial charge in [-0.3, -0.25) is 19.1 Å². The second-order valence-corrected chi connectivity index (χ2v) is 6.70. The number of hydrogen-bond donors (Lipinski definition) is 1. The van der Waals surface area contributed by atoms with Crippen LogP contribution in [0, 0.1) is 17.8 Å². The molecule has 29 heavy (non-hydrogen) atoms. The van der Waals surface area contributed by atoms with E-state index < -0.39 is 47.4 Å². The van der Waals surface area contributed by atoms with Gasteiger partial charge >= 0.3 is 17.8 Å². The van der Waals surface area contributed by atoms with Gasteiger partial charge in [0.2, 0.25) is 0 Å². The van der Waals surface area contributed by atoms with Crippen molar-refractivity contribution in [2.45, 2.75) is 51.8 Å². The van der Waals surface area contributed by atoms with Gasteiger partial charge in [0.25, 0.3) is 5.56 Å². The summed E-state index contributed by atoms with van der Waals surface area (Å²) in [6.07, 6.45) is -7.19. The standard InChI is InChI=1S/C18H21F3N2O6/c1-10(2)5-4-6-27-13-7-15(29-14(13)9-28-11(3)24)23-8-12(18(19,20)21)16(25)22-17(23)26/h8,10,13-15H,6-7,9H2,1-3H3,(H,22,25,26)/t13-,14+,15+/m0/s1. The number of aromatic nitrogens is 2. The van der Waals surface area contributed by atoms with Crippen LogP contribution >= 0.6 is 0 Å². The number of nitrogens with zero attached hydrogens (tertiary/aromatic N) is 1. The Morgan fingerprint density at radius 2 is 2.10 bits per heavy atom. The van der Waals surface area contributed by atoms with Gasteiger partial charge in [-0.25, -0.2) is 4.79 Å². The van der Waals surface area contributed by atoms with E-state index >= 15 is 0 Å². The zero-order valence-electron chi connectivity index (χ0n) is 16.0. The second-order valence-electron chi connectivity index (χ2n) is 6.70. The van der Waals surface area contributed by atoms with Crippen molar-refractivity contribution in [3.05, 3.63) is 32.6 Å². The van der Waals surface area contributed by atoms with Crippen LogP contribution in [0.5, 0.6) is 0 Å². The van der Waals surface area contributed by atoms with Gasteiger partial charge in [0, 0.05) is 25.5 Å². The van der Waals surface area contributed by atoms with E-state index in [2.05, 4.69) is 11.8 Å². The maximum Gasteiger partial charge on any atom is 0.423 e. The first-order valence-corrected chi connectivity index (χ1v) is 8.80. The van der Waals surface area contributed by atoms with Crippen LogP contribution < -0.4 is 11.2 Å². The van der Waals surface area contributed by atoms with Crippen molar-refractivity contribution in [2.24, 2.45) is 5.92 Å². The molecule has 1 saturated heterocycles. The molecule has 1 aromatic heterocycles. The molecule has 0 unspecified atom stereocenters. The maximum absolute atomic E-state index is 13.0. The van der Waals surface area contributed by atoms with Gasteiger partial charge < -0.3 is 14.2 Å². The van der Waals surface area contributed by atoms with E-state index in [4.69, 9.17) is 14.2 Å². The summed E-state index contributed by atoms with van der Waals surface area (Å²) in [7, 11) is 0. The third-order valence-corrected chi connectivity index (χ3v) is 3.98. The summed E-state index contributed by atoms with van der Waals surface area (Å²) in [5.41, 5.74) is -4.12. The molecule has 1 aromatic rings. The summed E-state index contributed by atoms with van der Waals surface area (Å²) in [5, 5.41) is 0. The van der Waals surface area contributed by atoms with Gasteiger partial charge in [-0.2, -0.15) is 13.2 Å². The lowest BCUT2D eigenvalue weighted by Crippen LogP contribution is -2.36. The first kappa shape index (κ1) is 22.7. The van der Waals surface area contributed by atoms with E-state index in [1.165, 1.54) is 6.92 Å². The van der Waals surface area contributed by atoms with Crippen LogP contribution in [-0.4, -0.2) is 40.9 Å². The van der Waals surface area contributed by atoms with Crippen molar-refractivity contribution >= 4 is 5.97 Å². The van der Waals surface area contributed by atoms with Crippen molar-refractivity contribution in [1.82, 2.24) is 9.55 Å². The van der Waals surface area contributed by atoms with Crippen molar-refractivity contribution in [2.75, 3.05) is 13.2 Å². The lowest BCUT2D eigenvalue weighted by Gasteiger charge is -2.18. The zero-order chi connectivity index (χ0) is 21.8. The van der Waals surface area contributed by atoms with Crippen molar-refractivity contribution < 1.29 is 32.2 Å². The molecule has 2 rings (SSSR count). The van der Waals surface area contributed by atoms with Gasteiger partial charge in [0.1, 0.15) is 31.1 Å². The number of carbonyl (C=O) groups excluding carboxylic acids is 1. The first-order chi connectivity index (χ1) is 13.5. The number of alkyl halides is 3. The predicted octanol–water partition coefficient (Wildman–Crippen LogP) is 1.45. The minimum absolute atomic E-state index is 0.00145. The summed E-state index contributed by atoms with van der Waals surface area (Å²) in [6, 6.07) is 0. The number of carbonyl (C=O) groups is 1. The highest BCUT2D eigenvalue weighted by Crippen LogP contribution is 2.32. The Kier molecular flexibility index (Phi) is 7.26. The molecule has 0 spiro atoms. The van der Waals surface area contributed by atoms with Crippen LogP contribution in [0.3, 0.4) is 0 Å². The van der Waals surface area contributed by atoms with E-state index in [0.717, 1.165) is 0 Å². The number of hydrogen-bond acceptors (Lipinski definition) is 6. The molecule has 0 bridgehead atoms. The molecule has 11 heteroatoms. The molecule has 0 radical (unpaired) electrons. The Balaban J connectivity index is 2.25. The smallest absolute Gasteiger partial charge is 0.423 e. The van der Waals surface area contributed by atoms with Gasteiger partial charge in [0.15, 0.2) is 0 Å². The fourth-order valence-electron chi connectivity index (χ4n) is 2.69. The van der Waals surface area contributed by atoms with E-state index in [0.29, 0.717) is 10.8 Å². The number of aromatic amines is 1. The van der Waals surface area contributed by atoms with E-state index in [9.17, 15) is 27.6 Å². The molecule has 160 valence electrons. The summed E-state index contributed by atoms with van der Waals surface area (Å²) >= 11 is 0. The largest absolute Gasteiger partial charge is 0.463 e. The number of rotatable bonds is 5. The number of nitrogens with one attached hydrogen (secondary N) is 1. The van der Waals surface area contributed by atoms with Crippen LogP contribution in [0.2, 0.25) is 0 Å². The van der Waals surface area contributed by atoms with E-state index in [1.807, 2.05) is 13.8 Å². The molecule has 0 aromatic carbocycles. The first-order valence-electron chi connectivity index (χ1n) is 8.80. The summed E-state index contributed by atoms with van der Waals surface area (Å²) in [4.78, 5) is 36.2. The van der Waals surface area contributed by atoms with Crippen molar-refractivity contribution in [3.63, 3.8) is 0 Å². The Hall–Kier alpha value is -2.58. The topological polar surface area (TPSA) is 99.6 Å². The molecular formula is C18H21F3N2O6. The molecule has 1 aliphatic heterocycles. The molecule has 1 fully saturated rings. The van der Waals surface area contributed by atoms with Crippen LogP contribution in [0.4, 0.5) is 13.2 Å². The van der Waals surface area contributed by atoms with Crippen LogP contribution in [0.15, 0.2) is 15.8 Å². The second kappa shape index (κ2) is 9.28. The highest BCUT2D eigenvalue weighted by molar-refractivity contribution is 5.65. The third kappa shape index (κ3) is 6.20. The lowest BCUT2D eigenvalue weighted by molar-refractivity contribution is -0.148. The van der Waals surface area contributed by atoms with E-state index in [-0.39, 0.29) is 25.6 Å². The molecule has 0 amide bonds. The number of H-pyrrole nitrogens is 1. The SMILES string of the molecule is CC(=O)OC[C@H]1O[C@@H](n2cc(C(F)(F)F)c(=O)[nH]c2=O)C[C@@H]1OCC#CC(C)C. The summed E-state index contributed by atoms with van der Waals surface area (Å²) in [5.74, 6) is 5.25. The average Bonchev–Trinajstić information content (AvgIpc) is 2.98. The Morgan fingerprint density at radius 1 is 1.41 bits per heavy atom. The number of halogens is 3. The zero-order valence-corrected chi connectivity index (χ0v) is 16.0. The van der Waals surface area contributed by atoms with Crippen LogP contribution in [0.25, 0.3) is 0 Å². The van der Waals surface area contributed by atoms with Crippen LogP contribution in [-0.2, 0) is 25.2 Å². The van der Waals surface area contributed by atoms with Gasteiger partial charge in [0.05, 0.1) is 6.10 Å². The molecule has 1 N–H and O–H groups in total. The van der Waals surface area contributed by atoms with Gasteiger partial charge in [-0.15, -0.1) is 0 Å². The normalized spacial score (nSPS) is 21.7. The minimum atomic E-state index is -4.94. The van der Waals surface area contributed by atoms with Gasteiger partial charge in [-0.05, 0) is 0 Å². The highest BCUT2D eigenvalue weighted by Gasteiger charge is 2.40. The van der Waals surface area contributed by atoms with Crippen LogP contribution in [0.1, 0.15) is 39.0 Å². The molecule has 1 aliphatic rings. The Morgan fingerprint density at radius 3 is 2.69 bits per heavy atom.